The maximum Gasteiger partial charge on any atom is 0.334 e. The van der Waals surface area contributed by atoms with Gasteiger partial charge in [-0.2, -0.15) is 0 Å². The van der Waals surface area contributed by atoms with Crippen LogP contribution in [0.15, 0.2) is 24.3 Å². The van der Waals surface area contributed by atoms with E-state index in [0.717, 1.165) is 0 Å². The second-order valence-corrected chi connectivity index (χ2v) is 3.92. The molecule has 98 valence electrons. The summed E-state index contributed by atoms with van der Waals surface area (Å²) in [5.41, 5.74) is 0.621. The lowest BCUT2D eigenvalue weighted by Gasteiger charge is -2.20. The van der Waals surface area contributed by atoms with Gasteiger partial charge in [-0.25, -0.2) is 9.18 Å². The Morgan fingerprint density at radius 1 is 1.33 bits per heavy atom. The minimum atomic E-state index is -1.71. The molecule has 0 spiro atoms. The zero-order valence-corrected chi connectivity index (χ0v) is 9.76. The van der Waals surface area contributed by atoms with Gasteiger partial charge in [0.2, 0.25) is 5.91 Å². The van der Waals surface area contributed by atoms with Gasteiger partial charge in [0.1, 0.15) is 5.82 Å². The van der Waals surface area contributed by atoms with Gasteiger partial charge in [0.05, 0.1) is 6.04 Å². The van der Waals surface area contributed by atoms with Crippen LogP contribution in [0.1, 0.15) is 12.5 Å². The highest BCUT2D eigenvalue weighted by atomic mass is 19.1. The summed E-state index contributed by atoms with van der Waals surface area (Å²) in [5.74, 6) is -2.27. The number of carboxylic acids is 1. The maximum absolute atomic E-state index is 12.7. The van der Waals surface area contributed by atoms with Crippen molar-refractivity contribution < 1.29 is 24.2 Å². The third kappa shape index (κ3) is 4.14. The fourth-order valence-electron chi connectivity index (χ4n) is 1.55. The van der Waals surface area contributed by atoms with E-state index in [9.17, 15) is 19.1 Å². The number of carbonyl (C=O) groups excluding carboxylic acids is 1. The number of halogens is 1. The number of hydrogen-bond acceptors (Lipinski definition) is 3. The molecule has 2 atom stereocenters. The molecule has 0 saturated heterocycles. The van der Waals surface area contributed by atoms with Crippen molar-refractivity contribution in [1.29, 1.82) is 0 Å². The molecule has 1 rings (SSSR count). The summed E-state index contributed by atoms with van der Waals surface area (Å²) in [4.78, 5) is 21.7. The normalized spacial score (nSPS) is 13.7. The lowest BCUT2D eigenvalue weighted by atomic mass is 10.0. The third-order valence-electron chi connectivity index (χ3n) is 2.39. The molecule has 1 aromatic carbocycles. The summed E-state index contributed by atoms with van der Waals surface area (Å²) in [6, 6.07) is 4.45. The Labute approximate surface area is 103 Å². The van der Waals surface area contributed by atoms with Gasteiger partial charge in [-0.05, 0) is 24.1 Å². The minimum absolute atomic E-state index is 0.104. The number of carbonyl (C=O) groups is 2. The molecule has 0 aliphatic heterocycles. The van der Waals surface area contributed by atoms with Crippen molar-refractivity contribution in [2.24, 2.45) is 0 Å². The van der Waals surface area contributed by atoms with Crippen LogP contribution in [0.5, 0.6) is 0 Å². The number of amides is 1. The minimum Gasteiger partial charge on any atom is -0.479 e. The SMILES string of the molecule is CC(=O)NC(Cc1ccc(F)cc1)C(O)C(=O)O. The Morgan fingerprint density at radius 2 is 1.89 bits per heavy atom. The topological polar surface area (TPSA) is 86.6 Å². The standard InChI is InChI=1S/C12H14FNO4/c1-7(15)14-10(11(16)12(17)18)6-8-2-4-9(13)5-3-8/h2-5,10-11,16H,6H2,1H3,(H,14,15)(H,17,18). The molecule has 0 aromatic heterocycles. The van der Waals surface area contributed by atoms with Crippen molar-refractivity contribution in [2.45, 2.75) is 25.5 Å². The molecule has 0 radical (unpaired) electrons. The first kappa shape index (κ1) is 14.1. The molecule has 0 aliphatic rings. The van der Waals surface area contributed by atoms with Crippen LogP contribution in [0, 0.1) is 5.82 Å². The number of nitrogens with one attached hydrogen (secondary N) is 1. The lowest BCUT2D eigenvalue weighted by molar-refractivity contribution is -0.148. The van der Waals surface area contributed by atoms with Gasteiger partial charge in [0, 0.05) is 6.92 Å². The quantitative estimate of drug-likeness (QED) is 0.707. The first-order chi connectivity index (χ1) is 8.40. The van der Waals surface area contributed by atoms with Crippen molar-refractivity contribution >= 4 is 11.9 Å². The molecule has 0 aliphatic carbocycles. The predicted octanol–water partition coefficient (Wildman–Crippen LogP) is 0.318. The monoisotopic (exact) mass is 255 g/mol. The Morgan fingerprint density at radius 3 is 2.33 bits per heavy atom. The van der Waals surface area contributed by atoms with Crippen LogP contribution in [0.2, 0.25) is 0 Å². The van der Waals surface area contributed by atoms with E-state index >= 15 is 0 Å². The van der Waals surface area contributed by atoms with Crippen LogP contribution in [-0.4, -0.2) is 34.2 Å². The molecular formula is C12H14FNO4. The number of aliphatic hydroxyl groups is 1. The van der Waals surface area contributed by atoms with Gasteiger partial charge in [0.15, 0.2) is 6.10 Å². The van der Waals surface area contributed by atoms with Crippen molar-refractivity contribution in [2.75, 3.05) is 0 Å². The van der Waals surface area contributed by atoms with E-state index in [0.29, 0.717) is 5.56 Å². The van der Waals surface area contributed by atoms with Gasteiger partial charge < -0.3 is 15.5 Å². The summed E-state index contributed by atoms with van der Waals surface area (Å²) < 4.78 is 12.7. The van der Waals surface area contributed by atoms with Gasteiger partial charge in [-0.3, -0.25) is 4.79 Å². The summed E-state index contributed by atoms with van der Waals surface area (Å²) in [6.07, 6.45) is -1.60. The van der Waals surface area contributed by atoms with Crippen LogP contribution in [-0.2, 0) is 16.0 Å². The van der Waals surface area contributed by atoms with E-state index in [1.807, 2.05) is 0 Å². The molecule has 3 N–H and O–H groups in total. The first-order valence-electron chi connectivity index (χ1n) is 5.32. The van der Waals surface area contributed by atoms with E-state index in [-0.39, 0.29) is 6.42 Å². The molecule has 1 aromatic rings. The predicted molar refractivity (Wildman–Crippen MR) is 61.4 cm³/mol. The zero-order chi connectivity index (χ0) is 13.7. The number of rotatable bonds is 5. The lowest BCUT2D eigenvalue weighted by Crippen LogP contribution is -2.47. The Kier molecular flexibility index (Phi) is 4.79. The third-order valence-corrected chi connectivity index (χ3v) is 2.39. The maximum atomic E-state index is 12.7. The average Bonchev–Trinajstić information content (AvgIpc) is 2.29. The van der Waals surface area contributed by atoms with E-state index < -0.39 is 29.8 Å². The van der Waals surface area contributed by atoms with Crippen LogP contribution in [0.3, 0.4) is 0 Å². The van der Waals surface area contributed by atoms with Gasteiger partial charge in [-0.15, -0.1) is 0 Å². The molecule has 2 unspecified atom stereocenters. The van der Waals surface area contributed by atoms with Crippen LogP contribution in [0.4, 0.5) is 4.39 Å². The second-order valence-electron chi connectivity index (χ2n) is 3.92. The number of hydrogen-bond donors (Lipinski definition) is 3. The molecule has 18 heavy (non-hydrogen) atoms. The number of aliphatic hydroxyl groups excluding tert-OH is 1. The van der Waals surface area contributed by atoms with Gasteiger partial charge >= 0.3 is 5.97 Å². The van der Waals surface area contributed by atoms with E-state index in [1.54, 1.807) is 0 Å². The summed E-state index contributed by atoms with van der Waals surface area (Å²) >= 11 is 0. The zero-order valence-electron chi connectivity index (χ0n) is 9.76. The fraction of sp³-hybridized carbons (Fsp3) is 0.333. The van der Waals surface area contributed by atoms with Crippen molar-refractivity contribution in [3.8, 4) is 0 Å². The smallest absolute Gasteiger partial charge is 0.334 e. The van der Waals surface area contributed by atoms with E-state index in [2.05, 4.69) is 5.32 Å². The molecule has 0 bridgehead atoms. The van der Waals surface area contributed by atoms with Crippen molar-refractivity contribution in [1.82, 2.24) is 5.32 Å². The highest BCUT2D eigenvalue weighted by Gasteiger charge is 2.26. The number of benzene rings is 1. The van der Waals surface area contributed by atoms with Gasteiger partial charge in [0.25, 0.3) is 0 Å². The summed E-state index contributed by atoms with van der Waals surface area (Å²) in [6.45, 7) is 1.23. The largest absolute Gasteiger partial charge is 0.479 e. The molecule has 0 heterocycles. The number of carboxylic acid groups (broad SMARTS) is 1. The Hall–Kier alpha value is -1.95. The Bertz CT molecular complexity index is 432. The highest BCUT2D eigenvalue weighted by molar-refractivity contribution is 5.77. The van der Waals surface area contributed by atoms with E-state index in [1.165, 1.54) is 31.2 Å². The van der Waals surface area contributed by atoms with Gasteiger partial charge in [-0.1, -0.05) is 12.1 Å². The van der Waals surface area contributed by atoms with Crippen LogP contribution in [0.25, 0.3) is 0 Å². The molecule has 0 fully saturated rings. The first-order valence-corrected chi connectivity index (χ1v) is 5.32. The average molecular weight is 255 g/mol. The fourth-order valence-corrected chi connectivity index (χ4v) is 1.55. The second kappa shape index (κ2) is 6.11. The molecule has 5 nitrogen and oxygen atoms in total. The Balaban J connectivity index is 2.80. The van der Waals surface area contributed by atoms with Crippen LogP contribution >= 0.6 is 0 Å². The van der Waals surface area contributed by atoms with Crippen LogP contribution < -0.4 is 5.32 Å². The molecular weight excluding hydrogens is 241 g/mol. The van der Waals surface area contributed by atoms with Crippen molar-refractivity contribution in [3.05, 3.63) is 35.6 Å². The number of aliphatic carboxylic acids is 1. The highest BCUT2D eigenvalue weighted by Crippen LogP contribution is 2.08. The van der Waals surface area contributed by atoms with E-state index in [4.69, 9.17) is 5.11 Å². The van der Waals surface area contributed by atoms with Crippen molar-refractivity contribution in [3.63, 3.8) is 0 Å². The summed E-state index contributed by atoms with van der Waals surface area (Å²) in [7, 11) is 0. The summed E-state index contributed by atoms with van der Waals surface area (Å²) in [5, 5.41) is 20.5. The molecule has 6 heteroatoms. The molecule has 1 amide bonds. The molecule has 0 saturated carbocycles.